The number of carbonyl (C=O) groups is 1. The number of imidazole rings is 1. The second-order valence-corrected chi connectivity index (χ2v) is 10.8. The summed E-state index contributed by atoms with van der Waals surface area (Å²) < 4.78 is 26.2. The number of hydrogen-bond acceptors (Lipinski definition) is 10. The number of hydrogen-bond donors (Lipinski definition) is 2. The number of aromatic nitrogens is 4. The molecule has 0 radical (unpaired) electrons. The molecular weight excluding hydrogens is 488 g/mol. The van der Waals surface area contributed by atoms with Gasteiger partial charge in [0, 0.05) is 19.0 Å². The fourth-order valence-corrected chi connectivity index (χ4v) is 5.66. The zero-order valence-corrected chi connectivity index (χ0v) is 21.7. The van der Waals surface area contributed by atoms with Gasteiger partial charge in [-0.15, -0.1) is 0 Å². The molecule has 11 heteroatoms. The van der Waals surface area contributed by atoms with Gasteiger partial charge in [0.1, 0.15) is 36.8 Å². The van der Waals surface area contributed by atoms with Crippen molar-refractivity contribution in [2.75, 3.05) is 12.3 Å². The molecule has 1 saturated carbocycles. The second kappa shape index (κ2) is 10.2. The van der Waals surface area contributed by atoms with Crippen molar-refractivity contribution < 1.29 is 23.7 Å². The van der Waals surface area contributed by atoms with Crippen LogP contribution in [0.5, 0.6) is 0 Å². The Kier molecular flexibility index (Phi) is 6.77. The number of nitrogen functional groups attached to an aromatic ring is 1. The van der Waals surface area contributed by atoms with E-state index in [9.17, 15) is 4.79 Å². The molecule has 4 atom stereocenters. The molecule has 11 nitrogen and oxygen atoms in total. The van der Waals surface area contributed by atoms with Crippen molar-refractivity contribution in [3.63, 3.8) is 0 Å². The number of benzene rings is 1. The molecule has 0 spiro atoms. The van der Waals surface area contributed by atoms with Gasteiger partial charge in [0.2, 0.25) is 0 Å². The van der Waals surface area contributed by atoms with Gasteiger partial charge in [-0.05, 0) is 44.6 Å². The minimum atomic E-state index is -0.712. The third kappa shape index (κ3) is 5.11. The summed E-state index contributed by atoms with van der Waals surface area (Å²) >= 11 is 0. The van der Waals surface area contributed by atoms with E-state index >= 15 is 0 Å². The summed E-state index contributed by atoms with van der Waals surface area (Å²) in [6.45, 7) is 4.80. The van der Waals surface area contributed by atoms with Crippen LogP contribution in [-0.2, 0) is 30.3 Å². The molecule has 2 saturated heterocycles. The quantitative estimate of drug-likeness (QED) is 0.404. The van der Waals surface area contributed by atoms with Gasteiger partial charge in [-0.3, -0.25) is 9.36 Å². The fraction of sp³-hybridized carbons (Fsp3) is 0.556. The van der Waals surface area contributed by atoms with Crippen molar-refractivity contribution in [2.45, 2.75) is 82.5 Å². The Hall–Kier alpha value is -3.12. The smallest absolute Gasteiger partial charge is 0.306 e. The standard InChI is InChI=1S/C27H34N6O5/c1-27(2)37-22-19(36-26(23(22)38-27)33-15-32-21-24(28)30-14-31-25(21)33)12-29-18-10-17(11-18)8-9-20(34)35-13-16-6-4-3-5-7-16/h3-7,14-15,17-19,22-23,26,29H,8-13H2,1-2H3,(H2,28,30,31)/t17?,18?,19-,22-,23-,26?/m1/s1. The lowest BCUT2D eigenvalue weighted by Gasteiger charge is -2.37. The van der Waals surface area contributed by atoms with Crippen LogP contribution in [0.2, 0.25) is 0 Å². The van der Waals surface area contributed by atoms with E-state index in [0.717, 1.165) is 24.8 Å². The summed E-state index contributed by atoms with van der Waals surface area (Å²) in [5.74, 6) is 0.00172. The maximum Gasteiger partial charge on any atom is 0.306 e. The number of nitrogens with one attached hydrogen (secondary N) is 1. The van der Waals surface area contributed by atoms with Crippen molar-refractivity contribution in [1.29, 1.82) is 0 Å². The zero-order valence-electron chi connectivity index (χ0n) is 21.7. The lowest BCUT2D eigenvalue weighted by molar-refractivity contribution is -0.196. The summed E-state index contributed by atoms with van der Waals surface area (Å²) in [4.78, 5) is 24.9. The Labute approximate surface area is 221 Å². The molecule has 4 heterocycles. The highest BCUT2D eigenvalue weighted by atomic mass is 16.8. The first-order valence-electron chi connectivity index (χ1n) is 13.2. The molecule has 2 aromatic heterocycles. The van der Waals surface area contributed by atoms with Crippen LogP contribution in [0.3, 0.4) is 0 Å². The minimum Gasteiger partial charge on any atom is -0.461 e. The molecule has 38 heavy (non-hydrogen) atoms. The highest BCUT2D eigenvalue weighted by Crippen LogP contribution is 2.44. The molecule has 202 valence electrons. The van der Waals surface area contributed by atoms with E-state index in [-0.39, 0.29) is 24.3 Å². The predicted octanol–water partition coefficient (Wildman–Crippen LogP) is 2.72. The molecule has 1 aliphatic carbocycles. The Morgan fingerprint density at radius 1 is 1.16 bits per heavy atom. The van der Waals surface area contributed by atoms with E-state index in [2.05, 4.69) is 20.3 Å². The highest BCUT2D eigenvalue weighted by Gasteiger charge is 2.56. The maximum absolute atomic E-state index is 12.1. The van der Waals surface area contributed by atoms with E-state index < -0.39 is 12.0 Å². The largest absolute Gasteiger partial charge is 0.461 e. The molecule has 0 amide bonds. The van der Waals surface area contributed by atoms with Gasteiger partial charge in [-0.2, -0.15) is 0 Å². The molecule has 1 aromatic carbocycles. The van der Waals surface area contributed by atoms with E-state index in [4.69, 9.17) is 24.7 Å². The summed E-state index contributed by atoms with van der Waals surface area (Å²) in [6.07, 6.45) is 5.28. The summed E-state index contributed by atoms with van der Waals surface area (Å²) in [5, 5.41) is 3.63. The number of ether oxygens (including phenoxy) is 4. The second-order valence-electron chi connectivity index (χ2n) is 10.8. The van der Waals surface area contributed by atoms with Gasteiger partial charge in [0.25, 0.3) is 0 Å². The molecule has 3 aromatic rings. The van der Waals surface area contributed by atoms with E-state index in [1.807, 2.05) is 48.7 Å². The maximum atomic E-state index is 12.1. The van der Waals surface area contributed by atoms with Gasteiger partial charge in [0.05, 0.1) is 6.33 Å². The number of fused-ring (bicyclic) bond motifs is 2. The lowest BCUT2D eigenvalue weighted by Crippen LogP contribution is -2.47. The van der Waals surface area contributed by atoms with E-state index in [1.165, 1.54) is 6.33 Å². The predicted molar refractivity (Wildman–Crippen MR) is 137 cm³/mol. The van der Waals surface area contributed by atoms with Crippen molar-refractivity contribution in [3.8, 4) is 0 Å². The number of rotatable bonds is 9. The Morgan fingerprint density at radius 2 is 1.95 bits per heavy atom. The van der Waals surface area contributed by atoms with Crippen molar-refractivity contribution in [3.05, 3.63) is 48.5 Å². The summed E-state index contributed by atoms with van der Waals surface area (Å²) in [7, 11) is 0. The van der Waals surface area contributed by atoms with Crippen molar-refractivity contribution >= 4 is 23.0 Å². The molecular formula is C27H34N6O5. The zero-order chi connectivity index (χ0) is 26.3. The first kappa shape index (κ1) is 25.2. The average Bonchev–Trinajstić information content (AvgIpc) is 3.53. The molecule has 1 unspecified atom stereocenters. The van der Waals surface area contributed by atoms with Crippen LogP contribution in [0.4, 0.5) is 5.82 Å². The van der Waals surface area contributed by atoms with Crippen LogP contribution in [0.1, 0.15) is 51.3 Å². The molecule has 3 N–H and O–H groups in total. The summed E-state index contributed by atoms with van der Waals surface area (Å²) in [5.41, 5.74) is 8.13. The SMILES string of the molecule is CC1(C)O[C@@H]2[C@@H](CNC3CC(CCC(=O)OCc4ccccc4)C3)OC(n3cnc4c(N)ncnc43)[C@@H]2O1. The molecule has 2 aliphatic heterocycles. The molecule has 0 bridgehead atoms. The van der Waals surface area contributed by atoms with Gasteiger partial charge in [-0.25, -0.2) is 15.0 Å². The number of anilines is 1. The Balaban J connectivity index is 0.992. The lowest BCUT2D eigenvalue weighted by atomic mass is 9.77. The number of nitrogens with zero attached hydrogens (tertiary/aromatic N) is 4. The molecule has 3 aliphatic rings. The number of carbonyl (C=O) groups excluding carboxylic acids is 1. The number of nitrogens with two attached hydrogens (primary N) is 1. The first-order chi connectivity index (χ1) is 18.4. The van der Waals surface area contributed by atoms with Crippen molar-refractivity contribution in [1.82, 2.24) is 24.8 Å². The number of esters is 1. The van der Waals surface area contributed by atoms with Gasteiger partial charge in [-0.1, -0.05) is 30.3 Å². The minimum absolute atomic E-state index is 0.137. The topological polar surface area (TPSA) is 136 Å². The van der Waals surface area contributed by atoms with Crippen LogP contribution in [-0.4, -0.2) is 62.2 Å². The summed E-state index contributed by atoms with van der Waals surface area (Å²) in [6, 6.07) is 10.1. The third-order valence-corrected chi connectivity index (χ3v) is 7.63. The van der Waals surface area contributed by atoms with E-state index in [1.54, 1.807) is 6.33 Å². The monoisotopic (exact) mass is 522 g/mol. The van der Waals surface area contributed by atoms with Crippen LogP contribution < -0.4 is 11.1 Å². The highest BCUT2D eigenvalue weighted by molar-refractivity contribution is 5.81. The normalized spacial score (nSPS) is 29.7. The average molecular weight is 523 g/mol. The van der Waals surface area contributed by atoms with Crippen LogP contribution in [0, 0.1) is 5.92 Å². The Bertz CT molecular complexity index is 1280. The van der Waals surface area contributed by atoms with Crippen LogP contribution >= 0.6 is 0 Å². The van der Waals surface area contributed by atoms with Gasteiger partial charge in [0.15, 0.2) is 23.5 Å². The molecule has 3 fully saturated rings. The third-order valence-electron chi connectivity index (χ3n) is 7.63. The van der Waals surface area contributed by atoms with E-state index in [0.29, 0.717) is 48.5 Å². The fourth-order valence-electron chi connectivity index (χ4n) is 5.66. The van der Waals surface area contributed by atoms with Crippen LogP contribution in [0.15, 0.2) is 43.0 Å². The molecule has 6 rings (SSSR count). The Morgan fingerprint density at radius 3 is 2.76 bits per heavy atom. The van der Waals surface area contributed by atoms with Crippen molar-refractivity contribution in [2.24, 2.45) is 5.92 Å². The van der Waals surface area contributed by atoms with Gasteiger partial charge >= 0.3 is 5.97 Å². The van der Waals surface area contributed by atoms with Gasteiger partial charge < -0.3 is 30.0 Å². The first-order valence-corrected chi connectivity index (χ1v) is 13.2. The van der Waals surface area contributed by atoms with Crippen LogP contribution in [0.25, 0.3) is 11.2 Å².